The predicted molar refractivity (Wildman–Crippen MR) is 78.5 cm³/mol. The predicted octanol–water partition coefficient (Wildman–Crippen LogP) is 1.53. The number of thiophene rings is 1. The van der Waals surface area contributed by atoms with Gasteiger partial charge in [-0.2, -0.15) is 0 Å². The molecule has 1 saturated heterocycles. The Labute approximate surface area is 119 Å². The van der Waals surface area contributed by atoms with Gasteiger partial charge in [-0.15, -0.1) is 11.3 Å². The van der Waals surface area contributed by atoms with Crippen molar-refractivity contribution >= 4 is 11.3 Å². The first-order chi connectivity index (χ1) is 9.19. The smallest absolute Gasteiger partial charge is 0.0645 e. The summed E-state index contributed by atoms with van der Waals surface area (Å²) in [6.45, 7) is 6.52. The average Bonchev–Trinajstić information content (AvgIpc) is 2.85. The van der Waals surface area contributed by atoms with Crippen LogP contribution in [-0.2, 0) is 4.74 Å². The van der Waals surface area contributed by atoms with E-state index in [9.17, 15) is 5.11 Å². The van der Waals surface area contributed by atoms with Crippen LogP contribution in [0.15, 0.2) is 11.4 Å². The highest BCUT2D eigenvalue weighted by atomic mass is 32.1. The Morgan fingerprint density at radius 2 is 2.42 bits per heavy atom. The molecule has 1 fully saturated rings. The van der Waals surface area contributed by atoms with Crippen LogP contribution in [0.4, 0.5) is 0 Å². The molecule has 5 heteroatoms. The van der Waals surface area contributed by atoms with Gasteiger partial charge in [0, 0.05) is 17.5 Å². The van der Waals surface area contributed by atoms with Gasteiger partial charge in [-0.1, -0.05) is 6.92 Å². The fourth-order valence-corrected chi connectivity index (χ4v) is 3.82. The van der Waals surface area contributed by atoms with Gasteiger partial charge < -0.3 is 15.6 Å². The first kappa shape index (κ1) is 14.9. The number of ether oxygens (including phenoxy) is 1. The third-order valence-electron chi connectivity index (χ3n) is 3.89. The number of aliphatic hydroxyl groups is 1. The minimum absolute atomic E-state index is 0.0536. The average molecular weight is 284 g/mol. The van der Waals surface area contributed by atoms with Gasteiger partial charge >= 0.3 is 0 Å². The van der Waals surface area contributed by atoms with Crippen molar-refractivity contribution in [2.24, 2.45) is 5.73 Å². The number of morpholine rings is 1. The standard InChI is InChI=1S/C14H24N2O2S/c1-3-12(15)13(14-10(2)4-7-19-14)16-5-6-18-9-11(16)8-17/h4,7,11-13,17H,3,5-6,8-9,15H2,1-2H3. The van der Waals surface area contributed by atoms with E-state index in [0.717, 1.165) is 13.0 Å². The number of hydrogen-bond acceptors (Lipinski definition) is 5. The molecule has 1 aliphatic rings. The molecule has 2 rings (SSSR count). The van der Waals surface area contributed by atoms with E-state index in [1.165, 1.54) is 10.4 Å². The molecule has 0 spiro atoms. The maximum absolute atomic E-state index is 9.57. The normalized spacial score (nSPS) is 24.3. The highest BCUT2D eigenvalue weighted by Crippen LogP contribution is 2.33. The number of nitrogens with two attached hydrogens (primary N) is 1. The van der Waals surface area contributed by atoms with Crippen LogP contribution in [0, 0.1) is 6.92 Å². The van der Waals surface area contributed by atoms with Crippen molar-refractivity contribution in [2.45, 2.75) is 38.4 Å². The van der Waals surface area contributed by atoms with E-state index in [0.29, 0.717) is 13.2 Å². The zero-order valence-corrected chi connectivity index (χ0v) is 12.5. The number of nitrogens with zero attached hydrogens (tertiary/aromatic N) is 1. The van der Waals surface area contributed by atoms with Gasteiger partial charge in [0.2, 0.25) is 0 Å². The van der Waals surface area contributed by atoms with Gasteiger partial charge in [-0.3, -0.25) is 4.90 Å². The maximum Gasteiger partial charge on any atom is 0.0645 e. The van der Waals surface area contributed by atoms with Crippen molar-refractivity contribution in [3.05, 3.63) is 21.9 Å². The third-order valence-corrected chi connectivity index (χ3v) is 4.98. The molecule has 2 heterocycles. The summed E-state index contributed by atoms with van der Waals surface area (Å²) >= 11 is 1.76. The second kappa shape index (κ2) is 6.81. The molecular weight excluding hydrogens is 260 g/mol. The lowest BCUT2D eigenvalue weighted by Gasteiger charge is -2.42. The zero-order valence-electron chi connectivity index (χ0n) is 11.7. The van der Waals surface area contributed by atoms with Gasteiger partial charge in [-0.05, 0) is 30.4 Å². The lowest BCUT2D eigenvalue weighted by molar-refractivity contribution is -0.0522. The molecule has 0 aromatic carbocycles. The molecule has 3 atom stereocenters. The molecule has 0 saturated carbocycles. The van der Waals surface area contributed by atoms with E-state index in [1.807, 2.05) is 0 Å². The minimum Gasteiger partial charge on any atom is -0.395 e. The second-order valence-corrected chi connectivity index (χ2v) is 6.08. The number of aliphatic hydroxyl groups excluding tert-OH is 1. The van der Waals surface area contributed by atoms with Gasteiger partial charge in [-0.25, -0.2) is 0 Å². The van der Waals surface area contributed by atoms with E-state index in [-0.39, 0.29) is 24.7 Å². The first-order valence-corrected chi connectivity index (χ1v) is 7.80. The van der Waals surface area contributed by atoms with Gasteiger partial charge in [0.15, 0.2) is 0 Å². The van der Waals surface area contributed by atoms with E-state index in [1.54, 1.807) is 11.3 Å². The van der Waals surface area contributed by atoms with Crippen LogP contribution in [0.2, 0.25) is 0 Å². The topological polar surface area (TPSA) is 58.7 Å². The van der Waals surface area contributed by atoms with Crippen LogP contribution in [-0.4, -0.2) is 48.5 Å². The van der Waals surface area contributed by atoms with Crippen LogP contribution >= 0.6 is 11.3 Å². The molecule has 108 valence electrons. The van der Waals surface area contributed by atoms with Crippen molar-refractivity contribution in [1.29, 1.82) is 0 Å². The van der Waals surface area contributed by atoms with Gasteiger partial charge in [0.25, 0.3) is 0 Å². The van der Waals surface area contributed by atoms with E-state index in [4.69, 9.17) is 10.5 Å². The summed E-state index contributed by atoms with van der Waals surface area (Å²) in [5.41, 5.74) is 7.66. The molecule has 3 unspecified atom stereocenters. The molecule has 19 heavy (non-hydrogen) atoms. The van der Waals surface area contributed by atoms with Crippen LogP contribution in [0.1, 0.15) is 29.8 Å². The van der Waals surface area contributed by atoms with Gasteiger partial charge in [0.05, 0.1) is 31.9 Å². The van der Waals surface area contributed by atoms with Crippen molar-refractivity contribution in [1.82, 2.24) is 4.90 Å². The van der Waals surface area contributed by atoms with Crippen LogP contribution in [0.3, 0.4) is 0 Å². The summed E-state index contributed by atoms with van der Waals surface area (Å²) in [5, 5.41) is 11.7. The van der Waals surface area contributed by atoms with E-state index in [2.05, 4.69) is 30.2 Å². The first-order valence-electron chi connectivity index (χ1n) is 6.93. The third kappa shape index (κ3) is 3.17. The van der Waals surface area contributed by atoms with Crippen LogP contribution in [0.5, 0.6) is 0 Å². The van der Waals surface area contributed by atoms with Crippen LogP contribution < -0.4 is 5.73 Å². The minimum atomic E-state index is 0.0536. The molecule has 1 aromatic heterocycles. The van der Waals surface area contributed by atoms with Crippen molar-refractivity contribution in [3.8, 4) is 0 Å². The SMILES string of the molecule is CCC(N)C(c1sccc1C)N1CCOCC1CO. The molecule has 0 amide bonds. The quantitative estimate of drug-likeness (QED) is 0.861. The van der Waals surface area contributed by atoms with E-state index < -0.39 is 0 Å². The van der Waals surface area contributed by atoms with Crippen LogP contribution in [0.25, 0.3) is 0 Å². The molecular formula is C14H24N2O2S. The van der Waals surface area contributed by atoms with Gasteiger partial charge in [0.1, 0.15) is 0 Å². The Kier molecular flexibility index (Phi) is 5.36. The Bertz CT molecular complexity index is 397. The molecule has 1 aromatic rings. The lowest BCUT2D eigenvalue weighted by atomic mass is 9.98. The Balaban J connectivity index is 2.29. The van der Waals surface area contributed by atoms with Crippen molar-refractivity contribution < 1.29 is 9.84 Å². The monoisotopic (exact) mass is 284 g/mol. The fraction of sp³-hybridized carbons (Fsp3) is 0.714. The Hall–Kier alpha value is -0.460. The summed E-state index contributed by atoms with van der Waals surface area (Å²) < 4.78 is 5.48. The zero-order chi connectivity index (χ0) is 13.8. The summed E-state index contributed by atoms with van der Waals surface area (Å²) in [4.78, 5) is 3.66. The number of rotatable bonds is 5. The highest BCUT2D eigenvalue weighted by molar-refractivity contribution is 7.10. The summed E-state index contributed by atoms with van der Waals surface area (Å²) in [5.74, 6) is 0. The molecule has 4 nitrogen and oxygen atoms in total. The molecule has 1 aliphatic heterocycles. The Morgan fingerprint density at radius 1 is 1.63 bits per heavy atom. The largest absolute Gasteiger partial charge is 0.395 e. The fourth-order valence-electron chi connectivity index (χ4n) is 2.69. The lowest BCUT2D eigenvalue weighted by Crippen LogP contribution is -2.53. The second-order valence-electron chi connectivity index (χ2n) is 5.13. The molecule has 0 radical (unpaired) electrons. The number of hydrogen-bond donors (Lipinski definition) is 2. The highest BCUT2D eigenvalue weighted by Gasteiger charge is 2.34. The number of aryl methyl sites for hydroxylation is 1. The summed E-state index contributed by atoms with van der Waals surface area (Å²) in [7, 11) is 0. The van der Waals surface area contributed by atoms with Crippen molar-refractivity contribution in [3.63, 3.8) is 0 Å². The molecule has 0 bridgehead atoms. The molecule has 0 aliphatic carbocycles. The maximum atomic E-state index is 9.57. The van der Waals surface area contributed by atoms with E-state index >= 15 is 0 Å². The van der Waals surface area contributed by atoms with Crippen molar-refractivity contribution in [2.75, 3.05) is 26.4 Å². The molecule has 3 N–H and O–H groups in total. The Morgan fingerprint density at radius 3 is 3.00 bits per heavy atom. The summed E-state index contributed by atoms with van der Waals surface area (Å²) in [6.07, 6.45) is 0.928. The summed E-state index contributed by atoms with van der Waals surface area (Å²) in [6, 6.07) is 2.47.